The Morgan fingerprint density at radius 1 is 1.50 bits per heavy atom. The van der Waals surface area contributed by atoms with Gasteiger partial charge in [0.15, 0.2) is 6.61 Å². The van der Waals surface area contributed by atoms with Gasteiger partial charge in [-0.3, -0.25) is 4.79 Å². The van der Waals surface area contributed by atoms with Crippen molar-refractivity contribution in [2.24, 2.45) is 0 Å². The zero-order valence-electron chi connectivity index (χ0n) is 10.1. The highest BCUT2D eigenvalue weighted by Gasteiger charge is 2.03. The van der Waals surface area contributed by atoms with Crippen LogP contribution in [0.3, 0.4) is 0 Å². The molecule has 0 spiro atoms. The van der Waals surface area contributed by atoms with E-state index in [2.05, 4.69) is 15.3 Å². The second kappa shape index (κ2) is 5.86. The van der Waals surface area contributed by atoms with E-state index in [1.54, 1.807) is 12.4 Å². The zero-order valence-corrected chi connectivity index (χ0v) is 10.1. The summed E-state index contributed by atoms with van der Waals surface area (Å²) in [5.41, 5.74) is 1.10. The number of aromatic amines is 1. The molecule has 0 atom stereocenters. The number of nitrogens with zero attached hydrogens (tertiary/aromatic N) is 1. The summed E-state index contributed by atoms with van der Waals surface area (Å²) < 4.78 is 5.38. The van der Waals surface area contributed by atoms with Gasteiger partial charge in [-0.15, -0.1) is 0 Å². The van der Waals surface area contributed by atoms with E-state index in [-0.39, 0.29) is 12.5 Å². The van der Waals surface area contributed by atoms with E-state index in [1.807, 2.05) is 31.2 Å². The highest BCUT2D eigenvalue weighted by molar-refractivity contribution is 5.77. The Morgan fingerprint density at radius 2 is 2.39 bits per heavy atom. The molecule has 0 aliphatic carbocycles. The average Bonchev–Trinajstić information content (AvgIpc) is 2.87. The number of ether oxygens (including phenoxy) is 1. The minimum atomic E-state index is -0.173. The van der Waals surface area contributed by atoms with E-state index < -0.39 is 0 Å². The average molecular weight is 245 g/mol. The van der Waals surface area contributed by atoms with Crippen LogP contribution in [-0.2, 0) is 11.3 Å². The summed E-state index contributed by atoms with van der Waals surface area (Å²) in [4.78, 5) is 18.4. The third-order valence-electron chi connectivity index (χ3n) is 2.37. The van der Waals surface area contributed by atoms with Crippen molar-refractivity contribution in [3.8, 4) is 5.75 Å². The number of aryl methyl sites for hydroxylation is 1. The number of carbonyl (C=O) groups excluding carboxylic acids is 1. The number of carbonyl (C=O) groups is 1. The van der Waals surface area contributed by atoms with E-state index in [0.29, 0.717) is 12.3 Å². The fourth-order valence-corrected chi connectivity index (χ4v) is 1.48. The molecule has 18 heavy (non-hydrogen) atoms. The summed E-state index contributed by atoms with van der Waals surface area (Å²) in [5, 5.41) is 2.71. The van der Waals surface area contributed by atoms with Crippen molar-refractivity contribution in [3.05, 3.63) is 48.0 Å². The van der Waals surface area contributed by atoms with Gasteiger partial charge in [0.25, 0.3) is 5.91 Å². The van der Waals surface area contributed by atoms with Gasteiger partial charge in [0.05, 0.1) is 6.54 Å². The van der Waals surface area contributed by atoms with Gasteiger partial charge < -0.3 is 15.0 Å². The van der Waals surface area contributed by atoms with Crippen molar-refractivity contribution in [1.82, 2.24) is 15.3 Å². The minimum absolute atomic E-state index is 0.00413. The maximum absolute atomic E-state index is 11.5. The monoisotopic (exact) mass is 245 g/mol. The zero-order chi connectivity index (χ0) is 12.8. The van der Waals surface area contributed by atoms with Crippen LogP contribution in [0.4, 0.5) is 0 Å². The van der Waals surface area contributed by atoms with Gasteiger partial charge in [-0.25, -0.2) is 4.98 Å². The molecule has 1 aromatic heterocycles. The fraction of sp³-hybridized carbons (Fsp3) is 0.231. The van der Waals surface area contributed by atoms with Gasteiger partial charge in [0.1, 0.15) is 11.6 Å². The van der Waals surface area contributed by atoms with Crippen LogP contribution in [0.15, 0.2) is 36.7 Å². The Hall–Kier alpha value is -2.30. The summed E-state index contributed by atoms with van der Waals surface area (Å²) in [7, 11) is 0. The standard InChI is InChI=1S/C13H15N3O2/c1-10-3-2-4-11(7-10)18-9-13(17)16-8-12-14-5-6-15-12/h2-7H,8-9H2,1H3,(H,14,15)(H,16,17). The molecule has 0 bridgehead atoms. The molecule has 0 saturated carbocycles. The number of hydrogen-bond donors (Lipinski definition) is 2. The van der Waals surface area contributed by atoms with Gasteiger partial charge in [-0.2, -0.15) is 0 Å². The Labute approximate surface area is 105 Å². The summed E-state index contributed by atoms with van der Waals surface area (Å²) in [5.74, 6) is 1.25. The summed E-state index contributed by atoms with van der Waals surface area (Å²) >= 11 is 0. The summed E-state index contributed by atoms with van der Waals surface area (Å²) in [6, 6.07) is 7.59. The molecular formula is C13H15N3O2. The number of rotatable bonds is 5. The molecule has 5 nitrogen and oxygen atoms in total. The lowest BCUT2D eigenvalue weighted by Crippen LogP contribution is -2.28. The van der Waals surface area contributed by atoms with E-state index in [1.165, 1.54) is 0 Å². The first-order valence-corrected chi connectivity index (χ1v) is 5.68. The number of amides is 1. The molecule has 94 valence electrons. The predicted octanol–water partition coefficient (Wildman–Crippen LogP) is 1.41. The van der Waals surface area contributed by atoms with Crippen molar-refractivity contribution in [2.45, 2.75) is 13.5 Å². The number of benzene rings is 1. The van der Waals surface area contributed by atoms with Crippen LogP contribution in [0.1, 0.15) is 11.4 Å². The maximum atomic E-state index is 11.5. The van der Waals surface area contributed by atoms with Crippen LogP contribution in [0, 0.1) is 6.92 Å². The number of aromatic nitrogens is 2. The summed E-state index contributed by atoms with van der Waals surface area (Å²) in [6.07, 6.45) is 3.36. The van der Waals surface area contributed by atoms with Crippen molar-refractivity contribution >= 4 is 5.91 Å². The van der Waals surface area contributed by atoms with Crippen LogP contribution in [0.25, 0.3) is 0 Å². The molecule has 5 heteroatoms. The van der Waals surface area contributed by atoms with E-state index in [9.17, 15) is 4.79 Å². The normalized spacial score (nSPS) is 10.1. The summed E-state index contributed by atoms with van der Waals surface area (Å²) in [6.45, 7) is 2.36. The molecule has 1 heterocycles. The third kappa shape index (κ3) is 3.62. The third-order valence-corrected chi connectivity index (χ3v) is 2.37. The number of imidazole rings is 1. The Kier molecular flexibility index (Phi) is 3.96. The first-order chi connectivity index (χ1) is 8.74. The van der Waals surface area contributed by atoms with Crippen LogP contribution in [0.2, 0.25) is 0 Å². The smallest absolute Gasteiger partial charge is 0.258 e. The van der Waals surface area contributed by atoms with Crippen molar-refractivity contribution in [2.75, 3.05) is 6.61 Å². The SMILES string of the molecule is Cc1cccc(OCC(=O)NCc2ncc[nH]2)c1. The quantitative estimate of drug-likeness (QED) is 0.837. The topological polar surface area (TPSA) is 67.0 Å². The Balaban J connectivity index is 1.75. The fourth-order valence-electron chi connectivity index (χ4n) is 1.48. The largest absolute Gasteiger partial charge is 0.484 e. The van der Waals surface area contributed by atoms with E-state index >= 15 is 0 Å². The van der Waals surface area contributed by atoms with Crippen LogP contribution < -0.4 is 10.1 Å². The molecule has 0 fully saturated rings. The number of nitrogens with one attached hydrogen (secondary N) is 2. The van der Waals surface area contributed by atoms with Gasteiger partial charge in [-0.1, -0.05) is 12.1 Å². The van der Waals surface area contributed by atoms with E-state index in [0.717, 1.165) is 11.4 Å². The molecule has 2 N–H and O–H groups in total. The maximum Gasteiger partial charge on any atom is 0.258 e. The molecule has 0 saturated heterocycles. The van der Waals surface area contributed by atoms with E-state index in [4.69, 9.17) is 4.74 Å². The minimum Gasteiger partial charge on any atom is -0.484 e. The molecule has 0 aliphatic heterocycles. The Bertz CT molecular complexity index is 509. The molecule has 0 radical (unpaired) electrons. The van der Waals surface area contributed by atoms with Gasteiger partial charge >= 0.3 is 0 Å². The first kappa shape index (κ1) is 12.2. The lowest BCUT2D eigenvalue weighted by atomic mass is 10.2. The van der Waals surface area contributed by atoms with Gasteiger partial charge in [0, 0.05) is 12.4 Å². The molecule has 1 amide bonds. The van der Waals surface area contributed by atoms with Crippen LogP contribution in [-0.4, -0.2) is 22.5 Å². The molecule has 1 aromatic carbocycles. The second-order valence-corrected chi connectivity index (χ2v) is 3.92. The molecule has 2 aromatic rings. The Morgan fingerprint density at radius 3 is 3.11 bits per heavy atom. The molecule has 0 aliphatic rings. The lowest BCUT2D eigenvalue weighted by molar-refractivity contribution is -0.123. The van der Waals surface area contributed by atoms with Crippen LogP contribution in [0.5, 0.6) is 5.75 Å². The predicted molar refractivity (Wildman–Crippen MR) is 67.1 cm³/mol. The highest BCUT2D eigenvalue weighted by atomic mass is 16.5. The highest BCUT2D eigenvalue weighted by Crippen LogP contribution is 2.11. The number of H-pyrrole nitrogens is 1. The molecule has 2 rings (SSSR count). The van der Waals surface area contributed by atoms with Crippen LogP contribution >= 0.6 is 0 Å². The van der Waals surface area contributed by atoms with Crippen molar-refractivity contribution < 1.29 is 9.53 Å². The molecule has 0 unspecified atom stereocenters. The second-order valence-electron chi connectivity index (χ2n) is 3.92. The number of hydrogen-bond acceptors (Lipinski definition) is 3. The van der Waals surface area contributed by atoms with Crippen molar-refractivity contribution in [3.63, 3.8) is 0 Å². The lowest BCUT2D eigenvalue weighted by Gasteiger charge is -2.07. The van der Waals surface area contributed by atoms with Gasteiger partial charge in [0.2, 0.25) is 0 Å². The van der Waals surface area contributed by atoms with Gasteiger partial charge in [-0.05, 0) is 24.6 Å². The first-order valence-electron chi connectivity index (χ1n) is 5.68. The van der Waals surface area contributed by atoms with Crippen molar-refractivity contribution in [1.29, 1.82) is 0 Å². The molecular weight excluding hydrogens is 230 g/mol.